The Morgan fingerprint density at radius 3 is 1.19 bits per heavy atom. The molecule has 0 fully saturated rings. The fourth-order valence-electron chi connectivity index (χ4n) is 16.3. The van der Waals surface area contributed by atoms with Crippen LogP contribution in [0.3, 0.4) is 0 Å². The van der Waals surface area contributed by atoms with Crippen molar-refractivity contribution in [1.82, 2.24) is 20.0 Å². The van der Waals surface area contributed by atoms with Gasteiger partial charge in [-0.25, -0.2) is 25.5 Å². The Morgan fingerprint density at radius 2 is 0.844 bits per heavy atom. The number of aliphatic hydroxyl groups excluding tert-OH is 1. The van der Waals surface area contributed by atoms with E-state index in [1.165, 1.54) is 0 Å². The molecule has 4 aliphatic heterocycles. The quantitative estimate of drug-likeness (QED) is 0.0111. The molecule has 4 aliphatic rings. The van der Waals surface area contributed by atoms with Gasteiger partial charge in [0.25, 0.3) is 0 Å². The van der Waals surface area contributed by atoms with Crippen molar-refractivity contribution in [3.63, 3.8) is 0 Å². The largest absolute Gasteiger partial charge is 0.455 e. The minimum Gasteiger partial charge on any atom is -0.455 e. The van der Waals surface area contributed by atoms with Crippen LogP contribution < -0.4 is 49.7 Å². The Morgan fingerprint density at radius 1 is 0.489 bits per heavy atom. The third-order valence-corrected chi connectivity index (χ3v) is 28.9. The van der Waals surface area contributed by atoms with Gasteiger partial charge in [0.05, 0.1) is 43.9 Å². The van der Waals surface area contributed by atoms with Crippen molar-refractivity contribution in [3.05, 3.63) is 186 Å². The normalized spacial score (nSPS) is 15.4. The number of amides is 2. The van der Waals surface area contributed by atoms with Crippen LogP contribution in [0, 0.1) is 28.2 Å². The van der Waals surface area contributed by atoms with Crippen LogP contribution in [-0.4, -0.2) is 146 Å². The lowest BCUT2D eigenvalue weighted by Gasteiger charge is -2.45. The number of fused-ring (bicyclic) bond motifs is 16. The van der Waals surface area contributed by atoms with E-state index >= 15 is 0 Å². The van der Waals surface area contributed by atoms with E-state index in [4.69, 9.17) is 82.0 Å². The maximum atomic E-state index is 14.0. The summed E-state index contributed by atoms with van der Waals surface area (Å²) in [5, 5.41) is 17.9. The fourth-order valence-corrected chi connectivity index (χ4v) is 20.5. The van der Waals surface area contributed by atoms with Crippen LogP contribution in [0.25, 0.3) is 26.4 Å². The van der Waals surface area contributed by atoms with Crippen molar-refractivity contribution >= 4 is 127 Å². The van der Waals surface area contributed by atoms with E-state index in [1.54, 1.807) is 195 Å². The number of hydrogen-bond donors (Lipinski definition) is 3. The summed E-state index contributed by atoms with van der Waals surface area (Å²) in [7, 11) is -2.87. The molecular formula is C104H130Cl2N5O21P3+2. The zero-order valence-electron chi connectivity index (χ0n) is 82.0. The summed E-state index contributed by atoms with van der Waals surface area (Å²) in [6.07, 6.45) is 7.13. The maximum Gasteiger partial charge on any atom is 0.373 e. The molecule has 0 radical (unpaired) electrons. The lowest BCUT2D eigenvalue weighted by Crippen LogP contribution is -2.43. The average molecular weight is 1950 g/mol. The molecule has 4 unspecified atom stereocenters. The predicted octanol–water partition coefficient (Wildman–Crippen LogP) is 22.3. The van der Waals surface area contributed by atoms with Crippen molar-refractivity contribution in [2.75, 3.05) is 59.9 Å². The molecule has 8 aromatic carbocycles. The number of unbranched alkanes of at least 4 members (excludes halogenated alkanes) is 6. The van der Waals surface area contributed by atoms with Gasteiger partial charge in [-0.3, -0.25) is 28.8 Å². The Balaban J connectivity index is 0.000000233. The summed E-state index contributed by atoms with van der Waals surface area (Å²) in [5.41, 5.74) is -3.50. The first-order valence-electron chi connectivity index (χ1n) is 46.1. The van der Waals surface area contributed by atoms with Gasteiger partial charge >= 0.3 is 51.4 Å². The van der Waals surface area contributed by atoms with E-state index in [0.717, 1.165) is 44.9 Å². The number of carbonyl (C=O) groups excluding carboxylic acids is 8. The summed E-state index contributed by atoms with van der Waals surface area (Å²) in [5.74, 6) is -3.08. The van der Waals surface area contributed by atoms with Gasteiger partial charge < -0.3 is 67.7 Å². The second kappa shape index (κ2) is 45.2. The number of nitrogens with one attached hydrogen (secondary N) is 2. The highest BCUT2D eigenvalue weighted by atomic mass is 35.5. The SMILES string of the molecule is COCCCCCCNC(=O)CCc1cc2c(c(Cl)c1OC(=O)C(C)(C)C)Oc1cc(OC(=O)C(C)(C)C)c3ccccc3c1C21OC(=O)c2ccc([P+](C)=O)cc21.C[P+](=O)c1ccc2c(c1)C1(OC2=O)c2cc(CCC(=O)NCCCCCCO)c(OC(=O)C(C)(C)C)c(Cl)c2Oc2cc(OC(=O)C(C)(C)C)c3ccccc3c21.[C-]#[N+]CCOP(N(C(C)C)C(C)C)N(C(C)C)C(C)C. The molecule has 31 heteroatoms. The number of ether oxygens (including phenoxy) is 9. The summed E-state index contributed by atoms with van der Waals surface area (Å²) >= 11 is 14.6. The molecule has 12 rings (SSSR count). The summed E-state index contributed by atoms with van der Waals surface area (Å²) in [6, 6.07) is 32.5. The summed E-state index contributed by atoms with van der Waals surface area (Å²) in [4.78, 5) is 111. The molecule has 26 nitrogen and oxygen atoms in total. The Kier molecular flexibility index (Phi) is 35.9. The molecule has 4 heterocycles. The number of methoxy groups -OCH3 is 1. The molecular weight excluding hydrogens is 1820 g/mol. The maximum absolute atomic E-state index is 14.0. The number of halogens is 2. The Labute approximate surface area is 806 Å². The molecule has 135 heavy (non-hydrogen) atoms. The van der Waals surface area contributed by atoms with Crippen LogP contribution in [0.1, 0.15) is 268 Å². The summed E-state index contributed by atoms with van der Waals surface area (Å²) in [6.45, 7) is 51.2. The molecule has 0 aromatic heterocycles. The molecule has 8 aromatic rings. The van der Waals surface area contributed by atoms with Crippen LogP contribution in [0.15, 0.2) is 109 Å². The van der Waals surface area contributed by atoms with Crippen LogP contribution in [0.5, 0.6) is 46.0 Å². The highest BCUT2D eigenvalue weighted by Crippen LogP contribution is 2.65. The first-order chi connectivity index (χ1) is 63.5. The number of nitrogens with zero attached hydrogens (tertiary/aromatic N) is 3. The predicted molar refractivity (Wildman–Crippen MR) is 528 cm³/mol. The van der Waals surface area contributed by atoms with E-state index in [1.807, 2.05) is 18.2 Å². The molecule has 724 valence electrons. The van der Waals surface area contributed by atoms with E-state index in [-0.39, 0.29) is 111 Å². The van der Waals surface area contributed by atoms with Crippen molar-refractivity contribution in [3.8, 4) is 46.0 Å². The van der Waals surface area contributed by atoms with Crippen LogP contribution in [-0.2, 0) is 80.7 Å². The molecule has 4 atom stereocenters. The monoisotopic (exact) mass is 1950 g/mol. The van der Waals surface area contributed by atoms with Gasteiger partial charge in [-0.2, -0.15) is 0 Å². The third kappa shape index (κ3) is 24.3. The van der Waals surface area contributed by atoms with Gasteiger partial charge in [-0.1, -0.05) is 107 Å². The second-order valence-corrected chi connectivity index (χ2v) is 44.9. The lowest BCUT2D eigenvalue weighted by atomic mass is 9.75. The molecule has 2 spiro atoms. The number of carbonyl (C=O) groups is 8. The van der Waals surface area contributed by atoms with Gasteiger partial charge in [0.2, 0.25) is 18.4 Å². The summed E-state index contributed by atoms with van der Waals surface area (Å²) < 4.78 is 92.7. The van der Waals surface area contributed by atoms with E-state index in [0.29, 0.717) is 140 Å². The first-order valence-corrected chi connectivity index (χ1v) is 51.5. The molecule has 0 aliphatic carbocycles. The first kappa shape index (κ1) is 107. The Bertz CT molecular complexity index is 5850. The van der Waals surface area contributed by atoms with E-state index < -0.39 is 92.7 Å². The van der Waals surface area contributed by atoms with Crippen LogP contribution in [0.4, 0.5) is 0 Å². The van der Waals surface area contributed by atoms with Gasteiger partial charge in [-0.15, -0.1) is 0 Å². The standard InChI is InChI=1S/C45H49ClNO10P.C44H47ClNO10P.C15H32N3OP/c1-43(2,3)41(50)55-33-25-34-36(29-16-12-11-15-28(29)33)45(31-24-27(58(8)52)18-19-30(31)40(49)57-45)32-23-26(17-20-35(48)47-21-13-9-10-14-22-53-7)38(37(46)39(32)54-34)56-42(51)44(4,5)6;1-42(2,3)40(50)54-32-24-33-35(28-15-11-10-14-27(28)32)44(30-23-26(57(7)52)17-18-29(30)39(49)56-44)31-22-25(16-19-34(48)46-20-12-8-9-13-21-47)37(36(45)38(31)53-33)55-41(51)43(4,5)6;1-12(2)17(13(3)4)20(19-11-10-16-9)18(14(5)6)15(7)8/h11-12,15-16,18-19,23-25H,9-10,13-14,17,20-22H2,1-8H3;10-11,14-15,17-18,22-24,47H,8-9,12-13,16,19-21H2,1-7H3;12-15H,10-11H2,1-8H3/p+2. The average Bonchev–Trinajstić information content (AvgIpc) is 1.58. The highest BCUT2D eigenvalue weighted by molar-refractivity contribution is 7.53. The Hall–Kier alpha value is -9.86. The number of benzene rings is 8. The highest BCUT2D eigenvalue weighted by Gasteiger charge is 2.59. The lowest BCUT2D eigenvalue weighted by molar-refractivity contribution is -0.143. The van der Waals surface area contributed by atoms with Crippen LogP contribution >= 0.6 is 47.3 Å². The number of aryl methyl sites for hydroxylation is 2. The van der Waals surface area contributed by atoms with Crippen molar-refractivity contribution < 1.29 is 99.7 Å². The van der Waals surface area contributed by atoms with Crippen LogP contribution in [0.2, 0.25) is 10.0 Å². The topological polar surface area (TPSA) is 318 Å². The molecule has 0 saturated heterocycles. The smallest absolute Gasteiger partial charge is 0.373 e. The molecule has 3 N–H and O–H groups in total. The number of rotatable bonds is 34. The number of esters is 6. The van der Waals surface area contributed by atoms with E-state index in [9.17, 15) is 47.5 Å². The minimum atomic E-state index is -1.86. The zero-order chi connectivity index (χ0) is 99.5. The van der Waals surface area contributed by atoms with Gasteiger partial charge in [-0.05, 0) is 235 Å². The van der Waals surface area contributed by atoms with E-state index in [2.05, 4.69) is 80.2 Å². The van der Waals surface area contributed by atoms with Crippen molar-refractivity contribution in [1.29, 1.82) is 0 Å². The fraction of sp³-hybridized carbons (Fsp3) is 0.490. The molecule has 0 bridgehead atoms. The minimum absolute atomic E-state index is 0.00000686. The number of aliphatic hydroxyl groups is 1. The van der Waals surface area contributed by atoms with Gasteiger partial charge in [0.15, 0.2) is 53.3 Å². The van der Waals surface area contributed by atoms with Crippen molar-refractivity contribution in [2.45, 2.75) is 251 Å². The second-order valence-electron chi connectivity index (χ2n) is 39.4. The number of hydrogen-bond acceptors (Lipinski definition) is 23. The molecule has 0 saturated carbocycles. The molecule has 2 amide bonds. The zero-order valence-corrected chi connectivity index (χ0v) is 86.2. The third-order valence-electron chi connectivity index (χ3n) is 23.2. The van der Waals surface area contributed by atoms with Crippen molar-refractivity contribution in [2.24, 2.45) is 21.7 Å². The van der Waals surface area contributed by atoms with Gasteiger partial charge in [0, 0.05) is 128 Å². The van der Waals surface area contributed by atoms with Gasteiger partial charge in [0.1, 0.15) is 53.0 Å².